The first-order chi connectivity index (χ1) is 24.6. The van der Waals surface area contributed by atoms with E-state index < -0.39 is 11.9 Å². The second kappa shape index (κ2) is 17.9. The Hall–Kier alpha value is -4.87. The van der Waals surface area contributed by atoms with E-state index in [1.54, 1.807) is 36.2 Å². The number of hydrogen-bond acceptors (Lipinski definition) is 6. The Balaban J connectivity index is 1.28. The van der Waals surface area contributed by atoms with Crippen LogP contribution >= 0.6 is 0 Å². The average Bonchev–Trinajstić information content (AvgIpc) is 3.72. The highest BCUT2D eigenvalue weighted by Gasteiger charge is 2.38. The van der Waals surface area contributed by atoms with Crippen LogP contribution in [0.1, 0.15) is 80.6 Å². The molecule has 2 aromatic carbocycles. The summed E-state index contributed by atoms with van der Waals surface area (Å²) in [6, 6.07) is 12.9. The number of carbonyl (C=O) groups excluding carboxylic acids is 5. The number of carbonyl (C=O) groups is 5. The van der Waals surface area contributed by atoms with E-state index in [0.717, 1.165) is 35.7 Å². The van der Waals surface area contributed by atoms with Crippen LogP contribution in [0.4, 0.5) is 0 Å². The van der Waals surface area contributed by atoms with Gasteiger partial charge in [0.2, 0.25) is 23.6 Å². The largest absolute Gasteiger partial charge is 0.491 e. The second-order valence-electron chi connectivity index (χ2n) is 13.9. The Bertz CT molecular complexity index is 1690. The third kappa shape index (κ3) is 10.1. The fraction of sp³-hybridized carbons (Fsp3) is 0.513. The zero-order valence-corrected chi connectivity index (χ0v) is 30.1. The molecule has 274 valence electrons. The molecule has 5 rings (SSSR count). The van der Waals surface area contributed by atoms with E-state index in [9.17, 15) is 24.0 Å². The number of ether oxygens (including phenoxy) is 1. The summed E-state index contributed by atoms with van der Waals surface area (Å²) in [4.78, 5) is 74.9. The number of hydrogen-bond donors (Lipinski definition) is 3. The molecule has 0 aliphatic carbocycles. The highest BCUT2D eigenvalue weighted by molar-refractivity contribution is 5.96. The van der Waals surface area contributed by atoms with E-state index in [0.29, 0.717) is 24.2 Å². The molecule has 3 heterocycles. The maximum Gasteiger partial charge on any atom is 0.253 e. The maximum absolute atomic E-state index is 13.8. The maximum atomic E-state index is 13.8. The number of nitrogens with zero attached hydrogens (tertiary/aromatic N) is 3. The van der Waals surface area contributed by atoms with Crippen molar-refractivity contribution in [2.24, 2.45) is 0 Å². The lowest BCUT2D eigenvalue weighted by Crippen LogP contribution is -2.55. The van der Waals surface area contributed by atoms with Gasteiger partial charge < -0.3 is 35.1 Å². The van der Waals surface area contributed by atoms with E-state index >= 15 is 0 Å². The van der Waals surface area contributed by atoms with E-state index in [-0.39, 0.29) is 74.8 Å². The molecule has 2 bridgehead atoms. The number of benzene rings is 2. The van der Waals surface area contributed by atoms with Gasteiger partial charge in [-0.1, -0.05) is 69.7 Å². The zero-order valence-electron chi connectivity index (χ0n) is 30.1. The fourth-order valence-corrected chi connectivity index (χ4v) is 7.04. The van der Waals surface area contributed by atoms with Gasteiger partial charge in [-0.3, -0.25) is 24.0 Å². The Morgan fingerprint density at radius 2 is 1.65 bits per heavy atom. The molecule has 1 fully saturated rings. The number of fused-ring (bicyclic) bond motifs is 4. The first kappa shape index (κ1) is 37.4. The van der Waals surface area contributed by atoms with Gasteiger partial charge >= 0.3 is 0 Å². The van der Waals surface area contributed by atoms with Gasteiger partial charge in [0.25, 0.3) is 5.91 Å². The van der Waals surface area contributed by atoms with Crippen molar-refractivity contribution in [2.75, 3.05) is 40.3 Å². The molecule has 3 N–H and O–H groups in total. The van der Waals surface area contributed by atoms with Crippen LogP contribution in [0.5, 0.6) is 5.75 Å². The molecule has 2 aliphatic heterocycles. The van der Waals surface area contributed by atoms with Gasteiger partial charge in [-0.05, 0) is 42.7 Å². The number of amides is 5. The van der Waals surface area contributed by atoms with Crippen molar-refractivity contribution in [2.45, 2.75) is 89.3 Å². The predicted octanol–water partition coefficient (Wildman–Crippen LogP) is 4.04. The first-order valence-corrected chi connectivity index (χ1v) is 18.3. The number of H-pyrrole nitrogens is 1. The molecule has 12 heteroatoms. The second-order valence-corrected chi connectivity index (χ2v) is 13.9. The molecule has 1 saturated heterocycles. The quantitative estimate of drug-likeness (QED) is 0.244. The molecule has 5 amide bonds. The van der Waals surface area contributed by atoms with Crippen LogP contribution in [0.2, 0.25) is 0 Å². The SMILES string of the molecule is CCCCCCCCCC(=O)N[C@H]1CN(C)C(=O)c2cccc(c2)OC[C@@H]2C[C@H](NC(=O)Cc3c[nH]c4ccccc34)CN2C(=O)CN(C)C1=O. The number of aromatic nitrogens is 1. The monoisotopic (exact) mass is 700 g/mol. The Morgan fingerprint density at radius 1 is 0.882 bits per heavy atom. The molecule has 0 radical (unpaired) electrons. The van der Waals surface area contributed by atoms with E-state index in [2.05, 4.69) is 22.5 Å². The zero-order chi connectivity index (χ0) is 36.3. The molecule has 51 heavy (non-hydrogen) atoms. The van der Waals surface area contributed by atoms with E-state index in [4.69, 9.17) is 4.74 Å². The first-order valence-electron chi connectivity index (χ1n) is 18.3. The summed E-state index contributed by atoms with van der Waals surface area (Å²) >= 11 is 0. The summed E-state index contributed by atoms with van der Waals surface area (Å²) in [5.74, 6) is -1.03. The molecule has 1 aromatic heterocycles. The fourth-order valence-electron chi connectivity index (χ4n) is 7.04. The van der Waals surface area contributed by atoms with Crippen molar-refractivity contribution in [3.05, 3.63) is 65.9 Å². The lowest BCUT2D eigenvalue weighted by atomic mass is 10.1. The minimum absolute atomic E-state index is 0.0685. The average molecular weight is 701 g/mol. The van der Waals surface area contributed by atoms with Crippen molar-refractivity contribution in [3.8, 4) is 5.75 Å². The molecule has 0 saturated carbocycles. The summed E-state index contributed by atoms with van der Waals surface area (Å²) in [5, 5.41) is 6.95. The summed E-state index contributed by atoms with van der Waals surface area (Å²) in [7, 11) is 3.12. The normalized spacial score (nSPS) is 20.1. The molecular weight excluding hydrogens is 648 g/mol. The lowest BCUT2D eigenvalue weighted by molar-refractivity contribution is -0.142. The molecule has 3 atom stereocenters. The van der Waals surface area contributed by atoms with Gasteiger partial charge in [0.1, 0.15) is 18.4 Å². The number of para-hydroxylation sites is 1. The van der Waals surface area contributed by atoms with Gasteiger partial charge in [-0.15, -0.1) is 0 Å². The highest BCUT2D eigenvalue weighted by Crippen LogP contribution is 2.23. The standard InChI is InChI=1S/C39H52N6O6/c1-4-5-6-7-8-9-10-18-35(46)42-34-24-43(2)38(49)27-14-13-15-31(19-27)51-26-30-21-29(23-45(30)37(48)25-44(3)39(34)50)41-36(47)20-28-22-40-33-17-12-11-16-32(28)33/h11-17,19,22,29-30,34,40H,4-10,18,20-21,23-26H2,1-3H3,(H,41,47)(H,42,46)/t29-,30-,34-/m0/s1. The molecule has 2 aliphatic rings. The third-order valence-electron chi connectivity index (χ3n) is 9.84. The number of aromatic amines is 1. The van der Waals surface area contributed by atoms with Crippen molar-refractivity contribution >= 4 is 40.4 Å². The predicted molar refractivity (Wildman–Crippen MR) is 195 cm³/mol. The smallest absolute Gasteiger partial charge is 0.253 e. The summed E-state index contributed by atoms with van der Waals surface area (Å²) < 4.78 is 6.13. The van der Waals surface area contributed by atoms with Gasteiger partial charge in [0.05, 0.1) is 19.0 Å². The number of unbranched alkanes of at least 4 members (excludes halogenated alkanes) is 6. The Labute approximate surface area is 300 Å². The summed E-state index contributed by atoms with van der Waals surface area (Å²) in [6.45, 7) is 2.27. The van der Waals surface area contributed by atoms with Crippen molar-refractivity contribution < 1.29 is 28.7 Å². The number of rotatable bonds is 12. The minimum Gasteiger partial charge on any atom is -0.491 e. The lowest BCUT2D eigenvalue weighted by Gasteiger charge is -2.30. The van der Waals surface area contributed by atoms with Crippen LogP contribution in [0.25, 0.3) is 10.9 Å². The van der Waals surface area contributed by atoms with Crippen LogP contribution in [-0.4, -0.2) is 108 Å². The van der Waals surface area contributed by atoms with Crippen molar-refractivity contribution in [1.82, 2.24) is 30.3 Å². The van der Waals surface area contributed by atoms with E-state index in [1.807, 2.05) is 30.5 Å². The summed E-state index contributed by atoms with van der Waals surface area (Å²) in [5.41, 5.74) is 2.22. The van der Waals surface area contributed by atoms with Crippen molar-refractivity contribution in [1.29, 1.82) is 0 Å². The topological polar surface area (TPSA) is 144 Å². The molecular formula is C39H52N6O6. The van der Waals surface area contributed by atoms with Crippen LogP contribution in [0, 0.1) is 0 Å². The van der Waals surface area contributed by atoms with Crippen LogP contribution < -0.4 is 15.4 Å². The van der Waals surface area contributed by atoms with E-state index in [1.165, 1.54) is 36.1 Å². The van der Waals surface area contributed by atoms with Crippen LogP contribution in [0.3, 0.4) is 0 Å². The highest BCUT2D eigenvalue weighted by atomic mass is 16.5. The van der Waals surface area contributed by atoms with Gasteiger partial charge in [-0.25, -0.2) is 0 Å². The van der Waals surface area contributed by atoms with Gasteiger partial charge in [0, 0.05) is 62.3 Å². The Kier molecular flexibility index (Phi) is 13.1. The van der Waals surface area contributed by atoms with Crippen LogP contribution in [0.15, 0.2) is 54.7 Å². The molecule has 0 unspecified atom stereocenters. The summed E-state index contributed by atoms with van der Waals surface area (Å²) in [6.07, 6.45) is 10.2. The van der Waals surface area contributed by atoms with Crippen LogP contribution in [-0.2, 0) is 25.6 Å². The van der Waals surface area contributed by atoms with Gasteiger partial charge in [0.15, 0.2) is 0 Å². The Morgan fingerprint density at radius 3 is 2.45 bits per heavy atom. The molecule has 3 aromatic rings. The molecule has 0 spiro atoms. The van der Waals surface area contributed by atoms with Gasteiger partial charge in [-0.2, -0.15) is 0 Å². The minimum atomic E-state index is -1.04. The number of nitrogens with one attached hydrogen (secondary N) is 3. The number of likely N-dealkylation sites (N-methyl/N-ethyl adjacent to an activating group) is 2. The third-order valence-corrected chi connectivity index (χ3v) is 9.84. The molecule has 12 nitrogen and oxygen atoms in total. The van der Waals surface area contributed by atoms with Crippen molar-refractivity contribution in [3.63, 3.8) is 0 Å².